The van der Waals surface area contributed by atoms with Crippen molar-refractivity contribution in [1.82, 2.24) is 0 Å². The van der Waals surface area contributed by atoms with Gasteiger partial charge in [0.1, 0.15) is 0 Å². The van der Waals surface area contributed by atoms with Crippen LogP contribution in [0.5, 0.6) is 0 Å². The molecule has 0 fully saturated rings. The van der Waals surface area contributed by atoms with Gasteiger partial charge >= 0.3 is 0 Å². The summed E-state index contributed by atoms with van der Waals surface area (Å²) in [6.45, 7) is 4.36. The molecular weight excluding hydrogens is 179 g/mol. The van der Waals surface area contributed by atoms with Gasteiger partial charge in [-0.1, -0.05) is 26.7 Å². The Morgan fingerprint density at radius 1 is 0.833 bits per heavy atom. The van der Waals surface area contributed by atoms with Gasteiger partial charge in [-0.25, -0.2) is 0 Å². The summed E-state index contributed by atoms with van der Waals surface area (Å²) in [5.41, 5.74) is 0. The van der Waals surface area contributed by atoms with Crippen molar-refractivity contribution in [2.45, 2.75) is 26.7 Å². The molecule has 0 aliphatic rings. The molecule has 0 rings (SSSR count). The Kier molecular flexibility index (Phi) is 42.6. The zero-order chi connectivity index (χ0) is 3.41. The molecule has 0 heterocycles. The molecule has 0 amide bonds. The van der Waals surface area contributed by atoms with Crippen LogP contribution >= 0.6 is 0 Å². The Morgan fingerprint density at radius 3 is 1.00 bits per heavy atom. The van der Waals surface area contributed by atoms with Gasteiger partial charge in [0, 0.05) is 39.0 Å². The van der Waals surface area contributed by atoms with Crippen LogP contribution < -0.4 is 0 Å². The van der Waals surface area contributed by atoms with E-state index in [1.54, 1.807) is 0 Å². The first kappa shape index (κ1) is 15.7. The quantitative estimate of drug-likeness (QED) is 0.551. The molecule has 0 aromatic heterocycles. The predicted molar refractivity (Wildman–Crippen MR) is 20.6 cm³/mol. The third kappa shape index (κ3) is 18.7. The molecule has 0 aliphatic carbocycles. The Bertz CT molecular complexity index is 7.51. The maximum atomic E-state index is 2.18. The molecule has 0 saturated carbocycles. The van der Waals surface area contributed by atoms with Gasteiger partial charge in [-0.2, -0.15) is 0 Å². The van der Waals surface area contributed by atoms with Gasteiger partial charge in [0.2, 0.25) is 0 Å². The molecular formula is C4H10Zn2. The van der Waals surface area contributed by atoms with Crippen LogP contribution in [-0.2, 0) is 39.0 Å². The average Bonchev–Trinajstić information content (AvgIpc) is 1.37. The Morgan fingerprint density at radius 2 is 1.00 bits per heavy atom. The van der Waals surface area contributed by atoms with Crippen molar-refractivity contribution < 1.29 is 39.0 Å². The topological polar surface area (TPSA) is 0 Å². The number of hydrogen-bond acceptors (Lipinski definition) is 0. The van der Waals surface area contributed by atoms with Crippen LogP contribution in [0.4, 0.5) is 0 Å². The van der Waals surface area contributed by atoms with E-state index < -0.39 is 0 Å². The maximum Gasteiger partial charge on any atom is 0 e. The fraction of sp³-hybridized carbons (Fsp3) is 1.00. The summed E-state index contributed by atoms with van der Waals surface area (Å²) in [6.07, 6.45) is 2.64. The van der Waals surface area contributed by atoms with E-state index in [1.807, 2.05) is 0 Å². The van der Waals surface area contributed by atoms with Crippen LogP contribution in [0.25, 0.3) is 0 Å². The fourth-order valence-electron chi connectivity index (χ4n) is 0. The van der Waals surface area contributed by atoms with E-state index in [0.717, 1.165) is 0 Å². The Hall–Kier alpha value is 1.25. The zero-order valence-electron chi connectivity index (χ0n) is 4.83. The van der Waals surface area contributed by atoms with Crippen molar-refractivity contribution in [3.63, 3.8) is 0 Å². The largest absolute Gasteiger partial charge is 0.0654 e. The van der Waals surface area contributed by atoms with Gasteiger partial charge in [-0.05, 0) is 0 Å². The van der Waals surface area contributed by atoms with Crippen LogP contribution in [0.2, 0.25) is 0 Å². The Labute approximate surface area is 65.6 Å². The van der Waals surface area contributed by atoms with Crippen molar-refractivity contribution in [2.24, 2.45) is 0 Å². The van der Waals surface area contributed by atoms with Crippen molar-refractivity contribution in [3.8, 4) is 0 Å². The normalized spacial score (nSPS) is 5.00. The molecule has 30 valence electrons. The van der Waals surface area contributed by atoms with E-state index in [-0.39, 0.29) is 39.0 Å². The summed E-state index contributed by atoms with van der Waals surface area (Å²) in [7, 11) is 0. The number of unbranched alkanes of at least 4 members (excludes halogenated alkanes) is 1. The summed E-state index contributed by atoms with van der Waals surface area (Å²) in [4.78, 5) is 0. The van der Waals surface area contributed by atoms with Crippen LogP contribution in [-0.4, -0.2) is 0 Å². The summed E-state index contributed by atoms with van der Waals surface area (Å²) >= 11 is 0. The summed E-state index contributed by atoms with van der Waals surface area (Å²) < 4.78 is 0. The summed E-state index contributed by atoms with van der Waals surface area (Å²) in [5, 5.41) is 0. The molecule has 2 heteroatoms. The second-order valence-electron chi connectivity index (χ2n) is 1.000. The van der Waals surface area contributed by atoms with Gasteiger partial charge in [0.05, 0.1) is 0 Å². The molecule has 0 saturated heterocycles. The van der Waals surface area contributed by atoms with E-state index in [2.05, 4.69) is 13.8 Å². The van der Waals surface area contributed by atoms with Crippen molar-refractivity contribution in [1.29, 1.82) is 0 Å². The standard InChI is InChI=1S/C4H10.2Zn/c1-3-4-2;;/h3-4H2,1-2H3;;. The zero-order valence-corrected chi connectivity index (χ0v) is 10.8. The summed E-state index contributed by atoms with van der Waals surface area (Å²) in [6, 6.07) is 0. The third-order valence-electron chi connectivity index (χ3n) is 0.500. The molecule has 6 heavy (non-hydrogen) atoms. The van der Waals surface area contributed by atoms with Crippen molar-refractivity contribution in [2.75, 3.05) is 0 Å². The van der Waals surface area contributed by atoms with Gasteiger partial charge in [0.25, 0.3) is 0 Å². The van der Waals surface area contributed by atoms with Gasteiger partial charge < -0.3 is 0 Å². The van der Waals surface area contributed by atoms with Crippen molar-refractivity contribution in [3.05, 3.63) is 0 Å². The third-order valence-corrected chi connectivity index (χ3v) is 0.500. The molecule has 0 atom stereocenters. The molecule has 0 bridgehead atoms. The molecule has 0 nitrogen and oxygen atoms in total. The van der Waals surface area contributed by atoms with Gasteiger partial charge in [0.15, 0.2) is 0 Å². The van der Waals surface area contributed by atoms with E-state index in [4.69, 9.17) is 0 Å². The van der Waals surface area contributed by atoms with Crippen LogP contribution in [0.1, 0.15) is 26.7 Å². The minimum Gasteiger partial charge on any atom is -0.0654 e. The monoisotopic (exact) mass is 186 g/mol. The molecule has 0 N–H and O–H groups in total. The first-order valence-electron chi connectivity index (χ1n) is 1.91. The molecule has 0 unspecified atom stereocenters. The van der Waals surface area contributed by atoms with Crippen LogP contribution in [0.15, 0.2) is 0 Å². The molecule has 0 aromatic rings. The minimum atomic E-state index is 0. The molecule has 0 aromatic carbocycles. The van der Waals surface area contributed by atoms with E-state index >= 15 is 0 Å². The molecule has 0 aliphatic heterocycles. The molecule has 0 spiro atoms. The second-order valence-corrected chi connectivity index (χ2v) is 1.000. The predicted octanol–water partition coefficient (Wildman–Crippen LogP) is 1.80. The summed E-state index contributed by atoms with van der Waals surface area (Å²) in [5.74, 6) is 0. The van der Waals surface area contributed by atoms with E-state index in [1.165, 1.54) is 12.8 Å². The Balaban J connectivity index is -0.0000000450. The fourth-order valence-corrected chi connectivity index (χ4v) is 0. The smallest absolute Gasteiger partial charge is 0 e. The number of rotatable bonds is 1. The first-order valence-corrected chi connectivity index (χ1v) is 1.91. The SMILES string of the molecule is CCCC.[Zn].[Zn]. The average molecular weight is 189 g/mol. The first-order chi connectivity index (χ1) is 1.91. The minimum absolute atomic E-state index is 0. The van der Waals surface area contributed by atoms with Crippen LogP contribution in [0.3, 0.4) is 0 Å². The van der Waals surface area contributed by atoms with Crippen LogP contribution in [0, 0.1) is 0 Å². The maximum absolute atomic E-state index is 2.18. The molecule has 0 radical (unpaired) electrons. The van der Waals surface area contributed by atoms with Crippen molar-refractivity contribution >= 4 is 0 Å². The van der Waals surface area contributed by atoms with Gasteiger partial charge in [-0.3, -0.25) is 0 Å². The van der Waals surface area contributed by atoms with E-state index in [9.17, 15) is 0 Å². The van der Waals surface area contributed by atoms with Gasteiger partial charge in [-0.15, -0.1) is 0 Å². The van der Waals surface area contributed by atoms with E-state index in [0.29, 0.717) is 0 Å². The second kappa shape index (κ2) is 16.3. The number of hydrogen-bond donors (Lipinski definition) is 0.